The first kappa shape index (κ1) is 23.0. The second-order valence-corrected chi connectivity index (χ2v) is 8.40. The highest BCUT2D eigenvalue weighted by atomic mass is 16.4. The molecule has 3 atom stereocenters. The standard InChI is InChI=1S/C22H41NO3/c1-4-5-6-7-8-12-15-23-21(24)20(18(3)22(25)26)16-17(2)19-13-10-9-11-14-19/h17-20H,4-16H2,1-3H3,(H,23,24)(H,25,26). The SMILES string of the molecule is CCCCCCCCNC(=O)C(CC(C)C1CCCCC1)C(C)C(=O)O. The Kier molecular flexibility index (Phi) is 11.6. The Morgan fingerprint density at radius 1 is 1.00 bits per heavy atom. The lowest BCUT2D eigenvalue weighted by Gasteiger charge is -2.31. The molecule has 0 aromatic heterocycles. The molecule has 1 rings (SSSR count). The monoisotopic (exact) mass is 367 g/mol. The van der Waals surface area contributed by atoms with Gasteiger partial charge in [-0.15, -0.1) is 0 Å². The Labute approximate surface area is 160 Å². The fraction of sp³-hybridized carbons (Fsp3) is 0.909. The van der Waals surface area contributed by atoms with Gasteiger partial charge in [-0.3, -0.25) is 9.59 Å². The van der Waals surface area contributed by atoms with E-state index in [1.165, 1.54) is 57.8 Å². The van der Waals surface area contributed by atoms with E-state index in [2.05, 4.69) is 19.2 Å². The zero-order chi connectivity index (χ0) is 19.4. The number of carboxylic acids is 1. The summed E-state index contributed by atoms with van der Waals surface area (Å²) in [4.78, 5) is 24.2. The van der Waals surface area contributed by atoms with Gasteiger partial charge in [-0.25, -0.2) is 0 Å². The highest BCUT2D eigenvalue weighted by Gasteiger charge is 2.33. The summed E-state index contributed by atoms with van der Waals surface area (Å²) >= 11 is 0. The maximum atomic E-state index is 12.7. The van der Waals surface area contributed by atoms with Crippen LogP contribution in [0.5, 0.6) is 0 Å². The van der Waals surface area contributed by atoms with Crippen LogP contribution < -0.4 is 5.32 Å². The minimum absolute atomic E-state index is 0.0592. The Hall–Kier alpha value is -1.06. The summed E-state index contributed by atoms with van der Waals surface area (Å²) in [6.45, 7) is 6.77. The van der Waals surface area contributed by atoms with Gasteiger partial charge in [0.2, 0.25) is 5.91 Å². The molecule has 0 bridgehead atoms. The molecule has 0 radical (unpaired) electrons. The van der Waals surface area contributed by atoms with E-state index in [0.29, 0.717) is 24.8 Å². The van der Waals surface area contributed by atoms with Gasteiger partial charge >= 0.3 is 5.97 Å². The first-order valence-corrected chi connectivity index (χ1v) is 11.0. The molecule has 0 aliphatic heterocycles. The lowest BCUT2D eigenvalue weighted by molar-refractivity contribution is -0.147. The van der Waals surface area contributed by atoms with Crippen molar-refractivity contribution < 1.29 is 14.7 Å². The number of aliphatic carboxylic acids is 1. The van der Waals surface area contributed by atoms with Gasteiger partial charge in [0.1, 0.15) is 0 Å². The molecule has 0 heterocycles. The average molecular weight is 368 g/mol. The van der Waals surface area contributed by atoms with Crippen LogP contribution in [0, 0.1) is 23.7 Å². The number of rotatable bonds is 13. The van der Waals surface area contributed by atoms with Crippen molar-refractivity contribution in [1.29, 1.82) is 0 Å². The van der Waals surface area contributed by atoms with Crippen LogP contribution in [-0.4, -0.2) is 23.5 Å². The summed E-state index contributed by atoms with van der Waals surface area (Å²) in [7, 11) is 0. The van der Waals surface area contributed by atoms with E-state index in [0.717, 1.165) is 12.8 Å². The third-order valence-electron chi connectivity index (χ3n) is 6.24. The van der Waals surface area contributed by atoms with E-state index in [-0.39, 0.29) is 5.91 Å². The molecule has 2 N–H and O–H groups in total. The smallest absolute Gasteiger partial charge is 0.307 e. The maximum Gasteiger partial charge on any atom is 0.307 e. The predicted molar refractivity (Wildman–Crippen MR) is 107 cm³/mol. The van der Waals surface area contributed by atoms with Gasteiger partial charge in [-0.2, -0.15) is 0 Å². The average Bonchev–Trinajstić information content (AvgIpc) is 2.65. The molecule has 1 fully saturated rings. The molecule has 152 valence electrons. The van der Waals surface area contributed by atoms with Crippen LogP contribution in [0.1, 0.15) is 97.8 Å². The van der Waals surface area contributed by atoms with Gasteiger partial charge < -0.3 is 10.4 Å². The molecule has 1 saturated carbocycles. The summed E-state index contributed by atoms with van der Waals surface area (Å²) in [5, 5.41) is 12.5. The van der Waals surface area contributed by atoms with Crippen molar-refractivity contribution in [1.82, 2.24) is 5.32 Å². The van der Waals surface area contributed by atoms with Crippen LogP contribution in [0.2, 0.25) is 0 Å². The molecule has 0 aromatic carbocycles. The normalized spacial score (nSPS) is 18.9. The number of hydrogen-bond donors (Lipinski definition) is 2. The number of amides is 1. The molecule has 0 aromatic rings. The fourth-order valence-electron chi connectivity index (χ4n) is 4.25. The van der Waals surface area contributed by atoms with Gasteiger partial charge in [0.15, 0.2) is 0 Å². The van der Waals surface area contributed by atoms with Crippen molar-refractivity contribution in [3.05, 3.63) is 0 Å². The summed E-state index contributed by atoms with van der Waals surface area (Å²) < 4.78 is 0. The number of hydrogen-bond acceptors (Lipinski definition) is 2. The quantitative estimate of drug-likeness (QED) is 0.428. The van der Waals surface area contributed by atoms with E-state index in [1.807, 2.05) is 0 Å². The Balaban J connectivity index is 2.45. The van der Waals surface area contributed by atoms with Gasteiger partial charge in [-0.1, -0.05) is 85.0 Å². The largest absolute Gasteiger partial charge is 0.481 e. The fourth-order valence-corrected chi connectivity index (χ4v) is 4.25. The van der Waals surface area contributed by atoms with Crippen LogP contribution in [0.25, 0.3) is 0 Å². The highest BCUT2D eigenvalue weighted by Crippen LogP contribution is 2.34. The van der Waals surface area contributed by atoms with Crippen LogP contribution in [0.15, 0.2) is 0 Å². The molecule has 4 heteroatoms. The molecule has 1 aliphatic carbocycles. The Morgan fingerprint density at radius 2 is 1.62 bits per heavy atom. The second kappa shape index (κ2) is 13.2. The van der Waals surface area contributed by atoms with Crippen LogP contribution in [0.4, 0.5) is 0 Å². The highest BCUT2D eigenvalue weighted by molar-refractivity contribution is 5.84. The second-order valence-electron chi connectivity index (χ2n) is 8.40. The van der Waals surface area contributed by atoms with Crippen molar-refractivity contribution in [2.75, 3.05) is 6.54 Å². The van der Waals surface area contributed by atoms with Crippen molar-refractivity contribution in [3.8, 4) is 0 Å². The first-order chi connectivity index (χ1) is 12.5. The molecule has 3 unspecified atom stereocenters. The molecule has 0 saturated heterocycles. The van der Waals surface area contributed by atoms with Crippen LogP contribution in [0.3, 0.4) is 0 Å². The summed E-state index contributed by atoms with van der Waals surface area (Å²) in [5.41, 5.74) is 0. The van der Waals surface area contributed by atoms with Gasteiger partial charge in [-0.05, 0) is 24.7 Å². The zero-order valence-electron chi connectivity index (χ0n) is 17.3. The molecule has 26 heavy (non-hydrogen) atoms. The van der Waals surface area contributed by atoms with Crippen molar-refractivity contribution >= 4 is 11.9 Å². The minimum Gasteiger partial charge on any atom is -0.481 e. The van der Waals surface area contributed by atoms with Gasteiger partial charge in [0.05, 0.1) is 11.8 Å². The molecule has 1 aliphatic rings. The van der Waals surface area contributed by atoms with E-state index in [4.69, 9.17) is 0 Å². The van der Waals surface area contributed by atoms with E-state index < -0.39 is 17.8 Å². The number of carbonyl (C=O) groups is 2. The van der Waals surface area contributed by atoms with Gasteiger partial charge in [0, 0.05) is 6.54 Å². The van der Waals surface area contributed by atoms with E-state index >= 15 is 0 Å². The number of carbonyl (C=O) groups excluding carboxylic acids is 1. The molecular weight excluding hydrogens is 326 g/mol. The Bertz CT molecular complexity index is 404. The number of carboxylic acid groups (broad SMARTS) is 1. The third kappa shape index (κ3) is 8.55. The maximum absolute atomic E-state index is 12.7. The zero-order valence-corrected chi connectivity index (χ0v) is 17.3. The van der Waals surface area contributed by atoms with E-state index in [9.17, 15) is 14.7 Å². The Morgan fingerprint density at radius 3 is 2.23 bits per heavy atom. The molecule has 4 nitrogen and oxygen atoms in total. The lowest BCUT2D eigenvalue weighted by Crippen LogP contribution is -2.39. The molecule has 1 amide bonds. The number of nitrogens with one attached hydrogen (secondary N) is 1. The topological polar surface area (TPSA) is 66.4 Å². The van der Waals surface area contributed by atoms with Crippen LogP contribution >= 0.6 is 0 Å². The van der Waals surface area contributed by atoms with Crippen molar-refractivity contribution in [2.45, 2.75) is 97.8 Å². The van der Waals surface area contributed by atoms with Crippen molar-refractivity contribution in [2.24, 2.45) is 23.7 Å². The third-order valence-corrected chi connectivity index (χ3v) is 6.24. The summed E-state index contributed by atoms with van der Waals surface area (Å²) in [6, 6.07) is 0. The number of unbranched alkanes of at least 4 members (excludes halogenated alkanes) is 5. The minimum atomic E-state index is -0.861. The molecule has 0 spiro atoms. The first-order valence-electron chi connectivity index (χ1n) is 11.0. The van der Waals surface area contributed by atoms with Crippen molar-refractivity contribution in [3.63, 3.8) is 0 Å². The lowest BCUT2D eigenvalue weighted by atomic mass is 9.75. The predicted octanol–water partition coefficient (Wildman–Crippen LogP) is 5.41. The summed E-state index contributed by atoms with van der Waals surface area (Å²) in [6.07, 6.45) is 14.2. The summed E-state index contributed by atoms with van der Waals surface area (Å²) in [5.74, 6) is -0.882. The van der Waals surface area contributed by atoms with E-state index in [1.54, 1.807) is 6.92 Å². The molecular formula is C22H41NO3. The van der Waals surface area contributed by atoms with Crippen LogP contribution in [-0.2, 0) is 9.59 Å². The van der Waals surface area contributed by atoms with Gasteiger partial charge in [0.25, 0.3) is 0 Å².